The van der Waals surface area contributed by atoms with Crippen molar-refractivity contribution in [3.05, 3.63) is 86.8 Å². The summed E-state index contributed by atoms with van der Waals surface area (Å²) in [5, 5.41) is 2.59. The highest BCUT2D eigenvalue weighted by Crippen LogP contribution is 2.31. The molecular formula is C25H21N3O3S. The Bertz CT molecular complexity index is 1420. The maximum atomic E-state index is 13.3. The fourth-order valence-corrected chi connectivity index (χ4v) is 5.00. The quantitative estimate of drug-likeness (QED) is 0.428. The fourth-order valence-electron chi connectivity index (χ4n) is 4.09. The molecule has 0 aliphatic carbocycles. The molecule has 0 fully saturated rings. The van der Waals surface area contributed by atoms with Crippen LogP contribution in [-0.2, 0) is 6.54 Å². The molecule has 7 heteroatoms. The highest BCUT2D eigenvalue weighted by atomic mass is 32.1. The standard InChI is InChI=1S/C25H21N3O3S/c1-15-8-9-17(12-16(15)2)20-13-32-22-21(20)25(31)27(14-26-22)10-5-11-28-23(29)18-6-3-4-7-19(18)24(28)30/h3-4,6-9,12-14H,5,10-11H2,1-2H3. The molecule has 32 heavy (non-hydrogen) atoms. The van der Waals surface area contributed by atoms with Gasteiger partial charge in [-0.15, -0.1) is 11.3 Å². The summed E-state index contributed by atoms with van der Waals surface area (Å²) in [4.78, 5) is 44.8. The molecule has 4 aromatic rings. The van der Waals surface area contributed by atoms with E-state index in [9.17, 15) is 14.4 Å². The number of carbonyl (C=O) groups is 2. The molecule has 2 aromatic carbocycles. The van der Waals surface area contributed by atoms with Crippen molar-refractivity contribution in [3.8, 4) is 11.1 Å². The minimum absolute atomic E-state index is 0.105. The molecule has 0 N–H and O–H groups in total. The molecule has 2 aromatic heterocycles. The van der Waals surface area contributed by atoms with Gasteiger partial charge in [-0.25, -0.2) is 4.98 Å². The summed E-state index contributed by atoms with van der Waals surface area (Å²) in [6, 6.07) is 13.0. The Labute approximate surface area is 188 Å². The number of amides is 2. The van der Waals surface area contributed by atoms with Crippen LogP contribution in [0.3, 0.4) is 0 Å². The molecule has 1 aliphatic rings. The molecule has 0 radical (unpaired) electrons. The molecule has 0 saturated carbocycles. The van der Waals surface area contributed by atoms with Gasteiger partial charge in [-0.05, 0) is 49.1 Å². The third-order valence-corrected chi connectivity index (χ3v) is 6.92. The Morgan fingerprint density at radius 3 is 2.28 bits per heavy atom. The monoisotopic (exact) mass is 443 g/mol. The van der Waals surface area contributed by atoms with Crippen molar-refractivity contribution in [1.29, 1.82) is 0 Å². The second-order valence-corrected chi connectivity index (χ2v) is 8.89. The number of aryl methyl sites for hydroxylation is 3. The van der Waals surface area contributed by atoms with Gasteiger partial charge >= 0.3 is 0 Å². The lowest BCUT2D eigenvalue weighted by molar-refractivity contribution is 0.0650. The van der Waals surface area contributed by atoms with Crippen molar-refractivity contribution in [2.75, 3.05) is 6.54 Å². The van der Waals surface area contributed by atoms with Crippen LogP contribution in [0.25, 0.3) is 21.3 Å². The van der Waals surface area contributed by atoms with E-state index in [2.05, 4.69) is 31.0 Å². The minimum atomic E-state index is -0.276. The molecule has 160 valence electrons. The van der Waals surface area contributed by atoms with Gasteiger partial charge in [0, 0.05) is 24.0 Å². The van der Waals surface area contributed by atoms with E-state index in [1.54, 1.807) is 35.2 Å². The van der Waals surface area contributed by atoms with Crippen LogP contribution >= 0.6 is 11.3 Å². The number of imide groups is 1. The highest BCUT2D eigenvalue weighted by molar-refractivity contribution is 7.17. The zero-order chi connectivity index (χ0) is 22.4. The first-order valence-electron chi connectivity index (χ1n) is 10.4. The number of rotatable bonds is 5. The van der Waals surface area contributed by atoms with Crippen LogP contribution in [0.1, 0.15) is 38.3 Å². The number of thiophene rings is 1. The molecule has 0 bridgehead atoms. The number of hydrogen-bond acceptors (Lipinski definition) is 5. The van der Waals surface area contributed by atoms with Gasteiger partial charge in [0.1, 0.15) is 4.83 Å². The first-order chi connectivity index (χ1) is 15.5. The van der Waals surface area contributed by atoms with Gasteiger partial charge in [0.2, 0.25) is 0 Å². The van der Waals surface area contributed by atoms with Gasteiger partial charge in [0.05, 0.1) is 22.8 Å². The lowest BCUT2D eigenvalue weighted by Crippen LogP contribution is -2.32. The molecule has 2 amide bonds. The first kappa shape index (κ1) is 20.3. The van der Waals surface area contributed by atoms with E-state index in [-0.39, 0.29) is 23.9 Å². The zero-order valence-electron chi connectivity index (χ0n) is 17.8. The van der Waals surface area contributed by atoms with Gasteiger partial charge in [-0.2, -0.15) is 0 Å². The summed E-state index contributed by atoms with van der Waals surface area (Å²) >= 11 is 1.46. The van der Waals surface area contributed by atoms with Crippen molar-refractivity contribution < 1.29 is 9.59 Å². The summed E-state index contributed by atoms with van der Waals surface area (Å²) in [5.74, 6) is -0.553. The number of hydrogen-bond donors (Lipinski definition) is 0. The van der Waals surface area contributed by atoms with Crippen molar-refractivity contribution in [3.63, 3.8) is 0 Å². The van der Waals surface area contributed by atoms with E-state index >= 15 is 0 Å². The smallest absolute Gasteiger partial charge is 0.262 e. The normalized spacial score (nSPS) is 13.2. The third kappa shape index (κ3) is 3.26. The van der Waals surface area contributed by atoms with Crippen molar-refractivity contribution in [1.82, 2.24) is 14.5 Å². The number of benzene rings is 2. The lowest BCUT2D eigenvalue weighted by atomic mass is 10.0. The Kier molecular flexibility index (Phi) is 4.98. The number of fused-ring (bicyclic) bond motifs is 2. The second kappa shape index (κ2) is 7.84. The molecule has 1 aliphatic heterocycles. The average molecular weight is 444 g/mol. The van der Waals surface area contributed by atoms with Gasteiger partial charge in [0.15, 0.2) is 0 Å². The van der Waals surface area contributed by atoms with Crippen molar-refractivity contribution in [2.24, 2.45) is 0 Å². The third-order valence-electron chi connectivity index (χ3n) is 6.04. The summed E-state index contributed by atoms with van der Waals surface area (Å²) in [5.41, 5.74) is 5.04. The Hall–Kier alpha value is -3.58. The maximum Gasteiger partial charge on any atom is 0.262 e. The van der Waals surface area contributed by atoms with Gasteiger partial charge < -0.3 is 0 Å². The molecular weight excluding hydrogens is 422 g/mol. The summed E-state index contributed by atoms with van der Waals surface area (Å²) in [7, 11) is 0. The molecule has 5 rings (SSSR count). The van der Waals surface area contributed by atoms with E-state index in [1.165, 1.54) is 27.4 Å². The van der Waals surface area contributed by atoms with E-state index < -0.39 is 0 Å². The topological polar surface area (TPSA) is 72.3 Å². The number of nitrogens with zero attached hydrogens (tertiary/aromatic N) is 3. The number of carbonyl (C=O) groups excluding carboxylic acids is 2. The lowest BCUT2D eigenvalue weighted by Gasteiger charge is -2.14. The Balaban J connectivity index is 1.38. The van der Waals surface area contributed by atoms with Crippen LogP contribution in [0.4, 0.5) is 0 Å². The molecule has 3 heterocycles. The first-order valence-corrected chi connectivity index (χ1v) is 11.3. The van der Waals surface area contributed by atoms with Gasteiger partial charge in [-0.3, -0.25) is 23.9 Å². The summed E-state index contributed by atoms with van der Waals surface area (Å²) in [6.07, 6.45) is 2.02. The van der Waals surface area contributed by atoms with Crippen molar-refractivity contribution >= 4 is 33.4 Å². The predicted octanol–water partition coefficient (Wildman–Crippen LogP) is 4.43. The second-order valence-electron chi connectivity index (χ2n) is 8.03. The SMILES string of the molecule is Cc1ccc(-c2csc3ncn(CCCN4C(=O)c5ccccc5C4=O)c(=O)c23)cc1C. The molecule has 6 nitrogen and oxygen atoms in total. The van der Waals surface area contributed by atoms with Crippen LogP contribution in [-0.4, -0.2) is 32.8 Å². The average Bonchev–Trinajstić information content (AvgIpc) is 3.33. The fraction of sp³-hybridized carbons (Fsp3) is 0.200. The highest BCUT2D eigenvalue weighted by Gasteiger charge is 2.34. The van der Waals surface area contributed by atoms with Crippen LogP contribution in [0.15, 0.2) is 59.0 Å². The van der Waals surface area contributed by atoms with E-state index in [4.69, 9.17) is 0 Å². The molecule has 0 spiro atoms. The van der Waals surface area contributed by atoms with Crippen molar-refractivity contribution in [2.45, 2.75) is 26.8 Å². The van der Waals surface area contributed by atoms with Gasteiger partial charge in [-0.1, -0.05) is 30.3 Å². The maximum absolute atomic E-state index is 13.3. The Morgan fingerprint density at radius 1 is 0.875 bits per heavy atom. The van der Waals surface area contributed by atoms with E-state index in [0.717, 1.165) is 11.1 Å². The predicted molar refractivity (Wildman–Crippen MR) is 125 cm³/mol. The minimum Gasteiger partial charge on any atom is -0.299 e. The molecule has 0 unspecified atom stereocenters. The van der Waals surface area contributed by atoms with E-state index in [0.29, 0.717) is 34.3 Å². The molecule has 0 saturated heterocycles. The van der Waals surface area contributed by atoms with Gasteiger partial charge in [0.25, 0.3) is 17.4 Å². The zero-order valence-corrected chi connectivity index (χ0v) is 18.6. The Morgan fingerprint density at radius 2 is 1.59 bits per heavy atom. The number of aromatic nitrogens is 2. The van der Waals surface area contributed by atoms with Crippen LogP contribution in [0.5, 0.6) is 0 Å². The summed E-state index contributed by atoms with van der Waals surface area (Å²) < 4.78 is 1.57. The summed E-state index contributed by atoms with van der Waals surface area (Å²) in [6.45, 7) is 4.75. The molecule has 0 atom stereocenters. The largest absolute Gasteiger partial charge is 0.299 e. The van der Waals surface area contributed by atoms with Crippen LogP contribution < -0.4 is 5.56 Å². The van der Waals surface area contributed by atoms with Crippen LogP contribution in [0, 0.1) is 13.8 Å². The van der Waals surface area contributed by atoms with E-state index in [1.807, 2.05) is 11.4 Å². The van der Waals surface area contributed by atoms with Crippen LogP contribution in [0.2, 0.25) is 0 Å².